The quantitative estimate of drug-likeness (QED) is 0.582. The Labute approximate surface area is 164 Å². The van der Waals surface area contributed by atoms with E-state index in [1.54, 1.807) is 25.1 Å². The number of carbonyl (C=O) groups excluding carboxylic acids is 1. The minimum absolute atomic E-state index is 0.0782. The number of carboxylic acids is 1. The molecule has 0 saturated heterocycles. The molecule has 0 fully saturated rings. The number of nitrogens with zero attached hydrogens (tertiary/aromatic N) is 6. The number of benzene rings is 1. The SMILES string of the molecule is Cc1c(C(=O)NCc2cn(CC(=O)O)nn2)nnn1-c1ccc2c(c1)OCCO2. The molecule has 0 aliphatic carbocycles. The summed E-state index contributed by atoms with van der Waals surface area (Å²) < 4.78 is 13.8. The molecule has 0 saturated carbocycles. The lowest BCUT2D eigenvalue weighted by Crippen LogP contribution is -2.24. The van der Waals surface area contributed by atoms with Crippen molar-refractivity contribution in [3.63, 3.8) is 0 Å². The number of rotatable bonds is 6. The van der Waals surface area contributed by atoms with Crippen molar-refractivity contribution in [3.8, 4) is 17.2 Å². The van der Waals surface area contributed by atoms with E-state index in [9.17, 15) is 9.59 Å². The smallest absolute Gasteiger partial charge is 0.325 e. The molecule has 3 heterocycles. The molecule has 150 valence electrons. The summed E-state index contributed by atoms with van der Waals surface area (Å²) in [5.74, 6) is -0.193. The van der Waals surface area contributed by atoms with Crippen molar-refractivity contribution in [1.29, 1.82) is 0 Å². The third-order valence-corrected chi connectivity index (χ3v) is 4.19. The number of carboxylic acid groups (broad SMARTS) is 1. The lowest BCUT2D eigenvalue weighted by atomic mass is 10.2. The highest BCUT2D eigenvalue weighted by Gasteiger charge is 2.19. The number of amides is 1. The predicted molar refractivity (Wildman–Crippen MR) is 95.9 cm³/mol. The van der Waals surface area contributed by atoms with Gasteiger partial charge in [0.05, 0.1) is 24.1 Å². The van der Waals surface area contributed by atoms with Crippen LogP contribution in [0, 0.1) is 6.92 Å². The minimum Gasteiger partial charge on any atom is -0.486 e. The average molecular weight is 399 g/mol. The average Bonchev–Trinajstić information content (AvgIpc) is 3.31. The molecule has 29 heavy (non-hydrogen) atoms. The van der Waals surface area contributed by atoms with Crippen molar-refractivity contribution in [3.05, 3.63) is 41.5 Å². The minimum atomic E-state index is -1.03. The molecule has 2 aromatic heterocycles. The standard InChI is InChI=1S/C17H17N7O5/c1-10-16(17(27)18-7-11-8-23(21-19-11)9-15(25)26)20-22-24(10)12-2-3-13-14(6-12)29-5-4-28-13/h2-3,6,8H,4-5,7,9H2,1H3,(H,18,27)(H,25,26). The number of carbonyl (C=O) groups is 2. The van der Waals surface area contributed by atoms with E-state index in [4.69, 9.17) is 14.6 Å². The number of aromatic nitrogens is 6. The normalized spacial score (nSPS) is 12.6. The molecular formula is C17H17N7O5. The van der Waals surface area contributed by atoms with Crippen LogP contribution in [0.4, 0.5) is 0 Å². The first-order chi connectivity index (χ1) is 14.0. The molecule has 1 amide bonds. The molecule has 0 atom stereocenters. The van der Waals surface area contributed by atoms with Crippen LogP contribution in [-0.2, 0) is 17.9 Å². The highest BCUT2D eigenvalue weighted by Crippen LogP contribution is 2.32. The van der Waals surface area contributed by atoms with Gasteiger partial charge in [-0.3, -0.25) is 9.59 Å². The summed E-state index contributed by atoms with van der Waals surface area (Å²) in [6.07, 6.45) is 1.45. The molecule has 3 aromatic rings. The number of nitrogens with one attached hydrogen (secondary N) is 1. The van der Waals surface area contributed by atoms with Gasteiger partial charge in [0.15, 0.2) is 17.2 Å². The maximum Gasteiger partial charge on any atom is 0.325 e. The lowest BCUT2D eigenvalue weighted by molar-refractivity contribution is -0.137. The summed E-state index contributed by atoms with van der Waals surface area (Å²) in [6.45, 7) is 2.48. The van der Waals surface area contributed by atoms with Gasteiger partial charge in [0, 0.05) is 6.07 Å². The summed E-state index contributed by atoms with van der Waals surface area (Å²) in [4.78, 5) is 23.2. The summed E-state index contributed by atoms with van der Waals surface area (Å²) in [5, 5.41) is 27.0. The highest BCUT2D eigenvalue weighted by molar-refractivity contribution is 5.93. The Hall–Kier alpha value is -3.96. The second-order valence-electron chi connectivity index (χ2n) is 6.25. The van der Waals surface area contributed by atoms with E-state index in [-0.39, 0.29) is 18.8 Å². The second kappa shape index (κ2) is 7.58. The van der Waals surface area contributed by atoms with Gasteiger partial charge in [0.1, 0.15) is 25.5 Å². The van der Waals surface area contributed by atoms with Crippen LogP contribution in [-0.4, -0.2) is 60.2 Å². The van der Waals surface area contributed by atoms with E-state index >= 15 is 0 Å². The molecule has 0 spiro atoms. The summed E-state index contributed by atoms with van der Waals surface area (Å²) in [5.41, 5.74) is 1.83. The van der Waals surface area contributed by atoms with Crippen molar-refractivity contribution >= 4 is 11.9 Å². The molecule has 4 rings (SSSR count). The zero-order valence-corrected chi connectivity index (χ0v) is 15.4. The largest absolute Gasteiger partial charge is 0.486 e. The Morgan fingerprint density at radius 2 is 1.97 bits per heavy atom. The van der Waals surface area contributed by atoms with Gasteiger partial charge in [-0.05, 0) is 19.1 Å². The van der Waals surface area contributed by atoms with Crippen molar-refractivity contribution in [2.45, 2.75) is 20.0 Å². The predicted octanol–water partition coefficient (Wildman–Crippen LogP) is -0.0470. The van der Waals surface area contributed by atoms with Crippen molar-refractivity contribution < 1.29 is 24.2 Å². The zero-order chi connectivity index (χ0) is 20.4. The van der Waals surface area contributed by atoms with Crippen LogP contribution in [0.2, 0.25) is 0 Å². The molecule has 1 aromatic carbocycles. The molecule has 1 aliphatic rings. The Morgan fingerprint density at radius 1 is 1.17 bits per heavy atom. The van der Waals surface area contributed by atoms with Crippen LogP contribution in [0.3, 0.4) is 0 Å². The number of hydrogen-bond donors (Lipinski definition) is 2. The Morgan fingerprint density at radius 3 is 2.76 bits per heavy atom. The van der Waals surface area contributed by atoms with E-state index in [0.29, 0.717) is 41.8 Å². The van der Waals surface area contributed by atoms with Gasteiger partial charge in [-0.15, -0.1) is 10.2 Å². The fourth-order valence-electron chi connectivity index (χ4n) is 2.84. The summed E-state index contributed by atoms with van der Waals surface area (Å²) in [7, 11) is 0. The fraction of sp³-hybridized carbons (Fsp3) is 0.294. The third-order valence-electron chi connectivity index (χ3n) is 4.19. The number of aliphatic carboxylic acids is 1. The number of hydrogen-bond acceptors (Lipinski definition) is 8. The van der Waals surface area contributed by atoms with Crippen LogP contribution in [0.15, 0.2) is 24.4 Å². The van der Waals surface area contributed by atoms with Gasteiger partial charge in [-0.2, -0.15) is 0 Å². The van der Waals surface area contributed by atoms with Gasteiger partial charge in [-0.1, -0.05) is 10.4 Å². The molecule has 0 unspecified atom stereocenters. The molecule has 0 bridgehead atoms. The zero-order valence-electron chi connectivity index (χ0n) is 15.4. The van der Waals surface area contributed by atoms with Gasteiger partial charge in [0.2, 0.25) is 0 Å². The van der Waals surface area contributed by atoms with Crippen LogP contribution >= 0.6 is 0 Å². The van der Waals surface area contributed by atoms with Crippen molar-refractivity contribution in [2.24, 2.45) is 0 Å². The van der Waals surface area contributed by atoms with E-state index in [1.807, 2.05) is 0 Å². The van der Waals surface area contributed by atoms with E-state index < -0.39 is 11.9 Å². The molecule has 12 nitrogen and oxygen atoms in total. The van der Waals surface area contributed by atoms with Gasteiger partial charge < -0.3 is 19.9 Å². The molecule has 0 radical (unpaired) electrons. The maximum absolute atomic E-state index is 12.5. The number of ether oxygens (including phenoxy) is 2. The van der Waals surface area contributed by atoms with Crippen molar-refractivity contribution in [1.82, 2.24) is 35.3 Å². The lowest BCUT2D eigenvalue weighted by Gasteiger charge is -2.18. The van der Waals surface area contributed by atoms with Crippen LogP contribution in [0.1, 0.15) is 21.9 Å². The first kappa shape index (κ1) is 18.4. The number of fused-ring (bicyclic) bond motifs is 1. The maximum atomic E-state index is 12.5. The topological polar surface area (TPSA) is 146 Å². The van der Waals surface area contributed by atoms with E-state index in [2.05, 4.69) is 25.9 Å². The third kappa shape index (κ3) is 3.85. The Bertz CT molecular complexity index is 1070. The van der Waals surface area contributed by atoms with Gasteiger partial charge >= 0.3 is 5.97 Å². The van der Waals surface area contributed by atoms with Crippen LogP contribution in [0.25, 0.3) is 5.69 Å². The van der Waals surface area contributed by atoms with E-state index in [0.717, 1.165) is 0 Å². The molecule has 12 heteroatoms. The highest BCUT2D eigenvalue weighted by atomic mass is 16.6. The molecular weight excluding hydrogens is 382 g/mol. The van der Waals surface area contributed by atoms with E-state index in [1.165, 1.54) is 15.6 Å². The van der Waals surface area contributed by atoms with Crippen molar-refractivity contribution in [2.75, 3.05) is 13.2 Å². The molecule has 2 N–H and O–H groups in total. The van der Waals surface area contributed by atoms with Crippen LogP contribution in [0.5, 0.6) is 11.5 Å². The molecule has 1 aliphatic heterocycles. The summed E-state index contributed by atoms with van der Waals surface area (Å²) >= 11 is 0. The second-order valence-corrected chi connectivity index (χ2v) is 6.25. The summed E-state index contributed by atoms with van der Waals surface area (Å²) in [6, 6.07) is 5.36. The first-order valence-electron chi connectivity index (χ1n) is 8.72. The monoisotopic (exact) mass is 399 g/mol. The van der Waals surface area contributed by atoms with Crippen LogP contribution < -0.4 is 14.8 Å². The first-order valence-corrected chi connectivity index (χ1v) is 8.72. The fourth-order valence-corrected chi connectivity index (χ4v) is 2.84. The Kier molecular flexibility index (Phi) is 4.81. The Balaban J connectivity index is 1.46. The van der Waals surface area contributed by atoms with Gasteiger partial charge in [0.25, 0.3) is 5.91 Å². The van der Waals surface area contributed by atoms with Gasteiger partial charge in [-0.25, -0.2) is 9.36 Å².